The number of amides is 2. The normalized spacial score (nSPS) is 13.1. The third-order valence-corrected chi connectivity index (χ3v) is 2.54. The molecule has 19 heavy (non-hydrogen) atoms. The van der Waals surface area contributed by atoms with E-state index in [-0.39, 0.29) is 29.3 Å². The van der Waals surface area contributed by atoms with E-state index in [9.17, 15) is 9.59 Å². The minimum atomic E-state index is -0.471. The van der Waals surface area contributed by atoms with Crippen LogP contribution in [0.15, 0.2) is 0 Å². The number of carbonyl (C=O) groups excluding carboxylic acids is 2. The van der Waals surface area contributed by atoms with Crippen LogP contribution in [0, 0.1) is 10.8 Å². The van der Waals surface area contributed by atoms with Crippen LogP contribution in [0.3, 0.4) is 0 Å². The van der Waals surface area contributed by atoms with Crippen molar-refractivity contribution in [2.24, 2.45) is 10.8 Å². The van der Waals surface area contributed by atoms with Crippen molar-refractivity contribution in [1.82, 2.24) is 10.6 Å². The summed E-state index contributed by atoms with van der Waals surface area (Å²) in [5.74, 6) is -0.261. The average Bonchev–Trinajstić information content (AvgIpc) is 2.07. The van der Waals surface area contributed by atoms with E-state index in [0.717, 1.165) is 6.42 Å². The Bertz CT molecular complexity index is 333. The van der Waals surface area contributed by atoms with Crippen LogP contribution in [0.25, 0.3) is 0 Å². The molecule has 0 aromatic carbocycles. The molecule has 0 saturated heterocycles. The van der Waals surface area contributed by atoms with E-state index in [4.69, 9.17) is 0 Å². The largest absolute Gasteiger partial charge is 0.350 e. The first-order chi connectivity index (χ1) is 8.23. The molecule has 0 bridgehead atoms. The number of hydrogen-bond acceptors (Lipinski definition) is 2. The fourth-order valence-electron chi connectivity index (χ4n) is 2.22. The zero-order valence-corrected chi connectivity index (χ0v) is 13.7. The fraction of sp³-hybridized carbons (Fsp3) is 0.867. The van der Waals surface area contributed by atoms with Crippen LogP contribution in [0.2, 0.25) is 0 Å². The van der Waals surface area contributed by atoms with Gasteiger partial charge in [0.25, 0.3) is 0 Å². The van der Waals surface area contributed by atoms with Crippen molar-refractivity contribution in [3.63, 3.8) is 0 Å². The van der Waals surface area contributed by atoms with Gasteiger partial charge in [0.15, 0.2) is 0 Å². The van der Waals surface area contributed by atoms with Crippen LogP contribution in [-0.4, -0.2) is 23.9 Å². The molecule has 2 amide bonds. The third kappa shape index (κ3) is 8.62. The average molecular weight is 270 g/mol. The third-order valence-electron chi connectivity index (χ3n) is 2.54. The lowest BCUT2D eigenvalue weighted by Crippen LogP contribution is -2.50. The highest BCUT2D eigenvalue weighted by Gasteiger charge is 2.27. The van der Waals surface area contributed by atoms with Crippen LogP contribution < -0.4 is 10.6 Å². The molecule has 4 heteroatoms. The molecule has 0 unspecified atom stereocenters. The van der Waals surface area contributed by atoms with E-state index in [2.05, 4.69) is 31.4 Å². The van der Waals surface area contributed by atoms with Gasteiger partial charge in [-0.25, -0.2) is 0 Å². The minimum absolute atomic E-state index is 0.0314. The first kappa shape index (κ1) is 17.9. The van der Waals surface area contributed by atoms with Crippen molar-refractivity contribution in [3.8, 4) is 0 Å². The van der Waals surface area contributed by atoms with Gasteiger partial charge in [-0.15, -0.1) is 0 Å². The Morgan fingerprint density at radius 2 is 1.37 bits per heavy atom. The number of rotatable bonds is 4. The summed E-state index contributed by atoms with van der Waals surface area (Å²) in [7, 11) is 0. The molecule has 112 valence electrons. The summed E-state index contributed by atoms with van der Waals surface area (Å²) in [5.41, 5.74) is -0.603. The second kappa shape index (κ2) is 5.93. The number of carbonyl (C=O) groups is 2. The van der Waals surface area contributed by atoms with E-state index in [1.54, 1.807) is 0 Å². The Balaban J connectivity index is 4.29. The Labute approximate surface area is 117 Å². The molecule has 0 aromatic heterocycles. The van der Waals surface area contributed by atoms with Crippen LogP contribution in [0.5, 0.6) is 0 Å². The van der Waals surface area contributed by atoms with Crippen molar-refractivity contribution in [1.29, 1.82) is 0 Å². The predicted molar refractivity (Wildman–Crippen MR) is 78.8 cm³/mol. The van der Waals surface area contributed by atoms with Crippen molar-refractivity contribution in [2.75, 3.05) is 6.54 Å². The zero-order valence-electron chi connectivity index (χ0n) is 13.7. The molecule has 0 aromatic rings. The lowest BCUT2D eigenvalue weighted by molar-refractivity contribution is -0.131. The lowest BCUT2D eigenvalue weighted by Gasteiger charge is -2.33. The van der Waals surface area contributed by atoms with E-state index in [0.29, 0.717) is 0 Å². The molecule has 0 rings (SSSR count). The summed E-state index contributed by atoms with van der Waals surface area (Å²) in [5, 5.41) is 5.62. The van der Waals surface area contributed by atoms with Crippen LogP contribution in [0.4, 0.5) is 0 Å². The fourth-order valence-corrected chi connectivity index (χ4v) is 2.22. The van der Waals surface area contributed by atoms with Crippen molar-refractivity contribution in [2.45, 2.75) is 67.3 Å². The van der Waals surface area contributed by atoms with Gasteiger partial charge in [0.05, 0.1) is 6.54 Å². The lowest BCUT2D eigenvalue weighted by atomic mass is 9.82. The smallest absolute Gasteiger partial charge is 0.239 e. The standard InChI is InChI=1S/C15H30N2O2/c1-13(2,3)10-15(7,8)17-11(18)9-16-12(19)14(4,5)6/h9-10H2,1-8H3,(H,16,19)(H,17,18). The number of hydrogen-bond donors (Lipinski definition) is 2. The monoisotopic (exact) mass is 270 g/mol. The van der Waals surface area contributed by atoms with Crippen molar-refractivity contribution >= 4 is 11.8 Å². The first-order valence-corrected chi connectivity index (χ1v) is 6.82. The van der Waals surface area contributed by atoms with Gasteiger partial charge < -0.3 is 10.6 Å². The second-order valence-electron chi connectivity index (χ2n) is 8.10. The summed E-state index contributed by atoms with van der Waals surface area (Å²) >= 11 is 0. The van der Waals surface area contributed by atoms with Crippen molar-refractivity contribution < 1.29 is 9.59 Å². The molecule has 0 aliphatic carbocycles. The SMILES string of the molecule is CC(C)(C)CC(C)(C)NC(=O)CNC(=O)C(C)(C)C. The van der Waals surface area contributed by atoms with E-state index in [1.165, 1.54) is 0 Å². The highest BCUT2D eigenvalue weighted by molar-refractivity contribution is 5.87. The highest BCUT2D eigenvalue weighted by atomic mass is 16.2. The maximum absolute atomic E-state index is 11.9. The van der Waals surface area contributed by atoms with E-state index in [1.807, 2.05) is 34.6 Å². The summed E-state index contributed by atoms with van der Waals surface area (Å²) in [6.45, 7) is 15.9. The van der Waals surface area contributed by atoms with Gasteiger partial charge in [-0.05, 0) is 25.7 Å². The summed E-state index contributed by atoms with van der Waals surface area (Å²) in [4.78, 5) is 23.5. The van der Waals surface area contributed by atoms with Crippen LogP contribution in [-0.2, 0) is 9.59 Å². The summed E-state index contributed by atoms with van der Waals surface area (Å²) in [6.07, 6.45) is 0.874. The topological polar surface area (TPSA) is 58.2 Å². The van der Waals surface area contributed by atoms with E-state index >= 15 is 0 Å². The molecular weight excluding hydrogens is 240 g/mol. The Hall–Kier alpha value is -1.06. The van der Waals surface area contributed by atoms with Crippen LogP contribution >= 0.6 is 0 Å². The Kier molecular flexibility index (Phi) is 5.60. The number of nitrogens with one attached hydrogen (secondary N) is 2. The molecule has 4 nitrogen and oxygen atoms in total. The quantitative estimate of drug-likeness (QED) is 0.824. The zero-order chi connectivity index (χ0) is 15.5. The molecule has 2 N–H and O–H groups in total. The molecule has 0 heterocycles. The van der Waals surface area contributed by atoms with Crippen LogP contribution in [0.1, 0.15) is 61.8 Å². The maximum atomic E-state index is 11.9. The van der Waals surface area contributed by atoms with Gasteiger partial charge in [0.2, 0.25) is 11.8 Å². The summed E-state index contributed by atoms with van der Waals surface area (Å²) < 4.78 is 0. The van der Waals surface area contributed by atoms with Gasteiger partial charge in [-0.1, -0.05) is 41.5 Å². The highest BCUT2D eigenvalue weighted by Crippen LogP contribution is 2.26. The first-order valence-electron chi connectivity index (χ1n) is 6.82. The molecular formula is C15H30N2O2. The molecule has 0 saturated carbocycles. The minimum Gasteiger partial charge on any atom is -0.350 e. The molecule has 0 fully saturated rings. The Morgan fingerprint density at radius 3 is 1.74 bits per heavy atom. The molecule has 0 aliphatic heterocycles. The summed E-state index contributed by atoms with van der Waals surface area (Å²) in [6, 6.07) is 0. The van der Waals surface area contributed by atoms with Gasteiger partial charge in [0, 0.05) is 11.0 Å². The second-order valence-corrected chi connectivity index (χ2v) is 8.10. The van der Waals surface area contributed by atoms with Gasteiger partial charge in [0.1, 0.15) is 0 Å². The van der Waals surface area contributed by atoms with E-state index < -0.39 is 5.41 Å². The molecule has 0 radical (unpaired) electrons. The van der Waals surface area contributed by atoms with Gasteiger partial charge >= 0.3 is 0 Å². The molecule has 0 atom stereocenters. The van der Waals surface area contributed by atoms with Gasteiger partial charge in [-0.2, -0.15) is 0 Å². The molecule has 0 spiro atoms. The van der Waals surface area contributed by atoms with Gasteiger partial charge in [-0.3, -0.25) is 9.59 Å². The van der Waals surface area contributed by atoms with Crippen molar-refractivity contribution in [3.05, 3.63) is 0 Å². The maximum Gasteiger partial charge on any atom is 0.239 e. The predicted octanol–water partition coefficient (Wildman–Crippen LogP) is 2.48. The molecule has 0 aliphatic rings. The Morgan fingerprint density at radius 1 is 0.895 bits per heavy atom.